The molecule has 0 saturated heterocycles. The van der Waals surface area contributed by atoms with Crippen molar-refractivity contribution in [1.82, 2.24) is 15.6 Å². The fourth-order valence-electron chi connectivity index (χ4n) is 1.45. The van der Waals surface area contributed by atoms with Gasteiger partial charge in [-0.15, -0.1) is 24.0 Å². The lowest BCUT2D eigenvalue weighted by molar-refractivity contribution is 0.792. The van der Waals surface area contributed by atoms with Crippen molar-refractivity contribution in [1.29, 1.82) is 0 Å². The van der Waals surface area contributed by atoms with Crippen LogP contribution in [0.1, 0.15) is 12.6 Å². The lowest BCUT2D eigenvalue weighted by Crippen LogP contribution is -2.38. The molecular formula is C13H23IN4S. The van der Waals surface area contributed by atoms with Gasteiger partial charge in [0.15, 0.2) is 5.96 Å². The van der Waals surface area contributed by atoms with Gasteiger partial charge in [0.25, 0.3) is 0 Å². The lowest BCUT2D eigenvalue weighted by atomic mass is 10.3. The first-order chi connectivity index (χ1) is 8.86. The van der Waals surface area contributed by atoms with Crippen LogP contribution in [0.15, 0.2) is 29.4 Å². The standard InChI is InChI=1S/C13H22N4S.HI/c1-3-14-13(17-10-11-18-2)16-9-7-12-6-4-5-8-15-12;/h4-6,8H,3,7,9-11H2,1-2H3,(H2,14,16,17);1H. The Bertz CT molecular complexity index is 346. The highest BCUT2D eigenvalue weighted by atomic mass is 127. The molecule has 1 aromatic rings. The van der Waals surface area contributed by atoms with Crippen molar-refractivity contribution < 1.29 is 0 Å². The van der Waals surface area contributed by atoms with Gasteiger partial charge in [-0.2, -0.15) is 11.8 Å². The number of pyridine rings is 1. The van der Waals surface area contributed by atoms with E-state index in [9.17, 15) is 0 Å². The van der Waals surface area contributed by atoms with Crippen molar-refractivity contribution in [3.05, 3.63) is 30.1 Å². The number of thioether (sulfide) groups is 1. The summed E-state index contributed by atoms with van der Waals surface area (Å²) in [4.78, 5) is 8.78. The third kappa shape index (κ3) is 9.10. The summed E-state index contributed by atoms with van der Waals surface area (Å²) in [6.07, 6.45) is 4.83. The summed E-state index contributed by atoms with van der Waals surface area (Å²) >= 11 is 1.81. The molecule has 0 atom stereocenters. The van der Waals surface area contributed by atoms with E-state index in [0.717, 1.165) is 43.5 Å². The molecule has 19 heavy (non-hydrogen) atoms. The van der Waals surface area contributed by atoms with E-state index >= 15 is 0 Å². The second kappa shape index (κ2) is 12.5. The van der Waals surface area contributed by atoms with Gasteiger partial charge in [0.2, 0.25) is 0 Å². The average molecular weight is 394 g/mol. The van der Waals surface area contributed by atoms with Gasteiger partial charge >= 0.3 is 0 Å². The molecule has 0 saturated carbocycles. The Morgan fingerprint density at radius 3 is 2.84 bits per heavy atom. The molecule has 0 aliphatic carbocycles. The van der Waals surface area contributed by atoms with Crippen LogP contribution in [0.4, 0.5) is 0 Å². The Morgan fingerprint density at radius 1 is 1.37 bits per heavy atom. The molecule has 4 nitrogen and oxygen atoms in total. The molecule has 0 amide bonds. The van der Waals surface area contributed by atoms with Crippen LogP contribution in [0.2, 0.25) is 0 Å². The van der Waals surface area contributed by atoms with E-state index in [4.69, 9.17) is 0 Å². The van der Waals surface area contributed by atoms with Gasteiger partial charge in [0.1, 0.15) is 0 Å². The molecule has 0 aliphatic rings. The summed E-state index contributed by atoms with van der Waals surface area (Å²) in [6.45, 7) is 4.65. The molecule has 0 unspecified atom stereocenters. The number of aromatic nitrogens is 1. The first-order valence-corrected chi connectivity index (χ1v) is 7.67. The fraction of sp³-hybridized carbons (Fsp3) is 0.538. The van der Waals surface area contributed by atoms with Crippen LogP contribution in [-0.4, -0.2) is 42.6 Å². The van der Waals surface area contributed by atoms with Crippen LogP contribution < -0.4 is 10.6 Å². The number of halogens is 1. The monoisotopic (exact) mass is 394 g/mol. The SMILES string of the molecule is CCNC(=NCCSC)NCCc1ccccn1.I. The van der Waals surface area contributed by atoms with Gasteiger partial charge in [-0.1, -0.05) is 6.07 Å². The maximum absolute atomic E-state index is 4.49. The summed E-state index contributed by atoms with van der Waals surface area (Å²) in [7, 11) is 0. The summed E-state index contributed by atoms with van der Waals surface area (Å²) in [6, 6.07) is 5.99. The van der Waals surface area contributed by atoms with E-state index in [2.05, 4.69) is 33.8 Å². The van der Waals surface area contributed by atoms with Crippen LogP contribution in [0.5, 0.6) is 0 Å². The van der Waals surface area contributed by atoms with Gasteiger partial charge in [-0.25, -0.2) is 0 Å². The minimum absolute atomic E-state index is 0. The Balaban J connectivity index is 0.00000324. The van der Waals surface area contributed by atoms with E-state index in [1.54, 1.807) is 0 Å². The molecule has 0 radical (unpaired) electrons. The van der Waals surface area contributed by atoms with Gasteiger partial charge in [-0.3, -0.25) is 9.98 Å². The average Bonchev–Trinajstić information content (AvgIpc) is 2.40. The van der Waals surface area contributed by atoms with Crippen molar-refractivity contribution >= 4 is 41.7 Å². The number of nitrogens with zero attached hydrogens (tertiary/aromatic N) is 2. The fourth-order valence-corrected chi connectivity index (χ4v) is 1.72. The van der Waals surface area contributed by atoms with Crippen molar-refractivity contribution in [3.8, 4) is 0 Å². The highest BCUT2D eigenvalue weighted by Gasteiger charge is 1.97. The molecule has 0 aromatic carbocycles. The van der Waals surface area contributed by atoms with Crippen LogP contribution in [0.25, 0.3) is 0 Å². The number of nitrogens with one attached hydrogen (secondary N) is 2. The molecular weight excluding hydrogens is 371 g/mol. The van der Waals surface area contributed by atoms with Crippen molar-refractivity contribution in [2.24, 2.45) is 4.99 Å². The highest BCUT2D eigenvalue weighted by molar-refractivity contribution is 14.0. The smallest absolute Gasteiger partial charge is 0.191 e. The summed E-state index contributed by atoms with van der Waals surface area (Å²) in [5, 5.41) is 6.55. The van der Waals surface area contributed by atoms with E-state index < -0.39 is 0 Å². The molecule has 108 valence electrons. The molecule has 0 bridgehead atoms. The second-order valence-electron chi connectivity index (χ2n) is 3.75. The first-order valence-electron chi connectivity index (χ1n) is 6.28. The topological polar surface area (TPSA) is 49.3 Å². The summed E-state index contributed by atoms with van der Waals surface area (Å²) in [5.74, 6) is 1.94. The Morgan fingerprint density at radius 2 is 2.21 bits per heavy atom. The van der Waals surface area contributed by atoms with Gasteiger partial charge in [0.05, 0.1) is 6.54 Å². The Hall–Kier alpha value is -0.500. The molecule has 0 fully saturated rings. The second-order valence-corrected chi connectivity index (χ2v) is 4.74. The van der Waals surface area contributed by atoms with E-state index in [-0.39, 0.29) is 24.0 Å². The number of hydrogen-bond donors (Lipinski definition) is 2. The number of guanidine groups is 1. The van der Waals surface area contributed by atoms with E-state index in [1.165, 1.54) is 0 Å². The Kier molecular flexibility index (Phi) is 12.2. The molecule has 0 aliphatic heterocycles. The predicted octanol–water partition coefficient (Wildman–Crippen LogP) is 2.16. The molecule has 0 spiro atoms. The number of aliphatic imine (C=N–C) groups is 1. The maximum atomic E-state index is 4.49. The molecule has 6 heteroatoms. The maximum Gasteiger partial charge on any atom is 0.191 e. The van der Waals surface area contributed by atoms with Gasteiger partial charge < -0.3 is 10.6 Å². The third-order valence-corrected chi connectivity index (χ3v) is 2.90. The zero-order chi connectivity index (χ0) is 13.1. The zero-order valence-corrected chi connectivity index (χ0v) is 14.7. The summed E-state index contributed by atoms with van der Waals surface area (Å²) in [5.41, 5.74) is 1.10. The zero-order valence-electron chi connectivity index (χ0n) is 11.6. The van der Waals surface area contributed by atoms with Gasteiger partial charge in [-0.05, 0) is 25.3 Å². The van der Waals surface area contributed by atoms with Crippen molar-refractivity contribution in [3.63, 3.8) is 0 Å². The normalized spacial score (nSPS) is 10.7. The Labute approximate surface area is 137 Å². The predicted molar refractivity (Wildman–Crippen MR) is 95.7 cm³/mol. The largest absolute Gasteiger partial charge is 0.357 e. The minimum atomic E-state index is 0. The molecule has 1 aromatic heterocycles. The van der Waals surface area contributed by atoms with E-state index in [0.29, 0.717) is 0 Å². The molecule has 2 N–H and O–H groups in total. The van der Waals surface area contributed by atoms with Crippen LogP contribution in [0.3, 0.4) is 0 Å². The van der Waals surface area contributed by atoms with Crippen LogP contribution >= 0.6 is 35.7 Å². The summed E-state index contributed by atoms with van der Waals surface area (Å²) < 4.78 is 0. The van der Waals surface area contributed by atoms with Gasteiger partial charge in [0, 0.05) is 37.2 Å². The number of hydrogen-bond acceptors (Lipinski definition) is 3. The molecule has 1 heterocycles. The number of rotatable bonds is 7. The quantitative estimate of drug-likeness (QED) is 0.322. The van der Waals surface area contributed by atoms with Crippen LogP contribution in [-0.2, 0) is 6.42 Å². The third-order valence-electron chi connectivity index (χ3n) is 2.31. The first kappa shape index (κ1) is 18.5. The van der Waals surface area contributed by atoms with E-state index in [1.807, 2.05) is 36.2 Å². The lowest BCUT2D eigenvalue weighted by Gasteiger charge is -2.10. The van der Waals surface area contributed by atoms with Crippen LogP contribution in [0, 0.1) is 0 Å². The van der Waals surface area contributed by atoms with Crippen molar-refractivity contribution in [2.75, 3.05) is 31.6 Å². The minimum Gasteiger partial charge on any atom is -0.357 e. The molecule has 1 rings (SSSR count). The van der Waals surface area contributed by atoms with Crippen molar-refractivity contribution in [2.45, 2.75) is 13.3 Å². The highest BCUT2D eigenvalue weighted by Crippen LogP contribution is 1.93.